The summed E-state index contributed by atoms with van der Waals surface area (Å²) in [5.41, 5.74) is 1.99. The van der Waals surface area contributed by atoms with Gasteiger partial charge in [-0.05, 0) is 50.1 Å². The zero-order valence-corrected chi connectivity index (χ0v) is 19.9. The van der Waals surface area contributed by atoms with Crippen molar-refractivity contribution in [3.63, 3.8) is 0 Å². The first kappa shape index (κ1) is 24.3. The van der Waals surface area contributed by atoms with Crippen LogP contribution in [0.2, 0.25) is 0 Å². The molecule has 0 aliphatic rings. The highest BCUT2D eigenvalue weighted by Gasteiger charge is 2.15. The highest BCUT2D eigenvalue weighted by molar-refractivity contribution is 7.99. The Morgan fingerprint density at radius 2 is 1.91 bits per heavy atom. The highest BCUT2D eigenvalue weighted by Crippen LogP contribution is 2.21. The summed E-state index contributed by atoms with van der Waals surface area (Å²) in [6.45, 7) is 7.23. The van der Waals surface area contributed by atoms with Crippen LogP contribution in [0, 0.1) is 6.92 Å². The summed E-state index contributed by atoms with van der Waals surface area (Å²) in [6, 6.07) is 14.5. The lowest BCUT2D eigenvalue weighted by atomic mass is 10.2. The Morgan fingerprint density at radius 1 is 1.09 bits per heavy atom. The fourth-order valence-electron chi connectivity index (χ4n) is 3.04. The highest BCUT2D eigenvalue weighted by atomic mass is 32.2. The van der Waals surface area contributed by atoms with Crippen LogP contribution in [0.15, 0.2) is 53.7 Å². The lowest BCUT2D eigenvalue weighted by Crippen LogP contribution is -2.15. The van der Waals surface area contributed by atoms with Gasteiger partial charge >= 0.3 is 5.97 Å². The Hall–Kier alpha value is -3.33. The molecule has 0 saturated carbocycles. The number of nitrogens with zero attached hydrogens (tertiary/aromatic N) is 3. The molecule has 0 radical (unpaired) electrons. The minimum Gasteiger partial charge on any atom is -0.485 e. The number of nitrogens with one attached hydrogen (secondary N) is 1. The van der Waals surface area contributed by atoms with Crippen molar-refractivity contribution in [2.75, 3.05) is 17.7 Å². The summed E-state index contributed by atoms with van der Waals surface area (Å²) in [5, 5.41) is 11.9. The number of hydrogen-bond donors (Lipinski definition) is 1. The van der Waals surface area contributed by atoms with Gasteiger partial charge in [-0.1, -0.05) is 43.0 Å². The average Bonchev–Trinajstić information content (AvgIpc) is 3.22. The van der Waals surface area contributed by atoms with E-state index < -0.39 is 5.97 Å². The molecule has 0 unspecified atom stereocenters. The maximum atomic E-state index is 12.5. The molecule has 9 heteroatoms. The monoisotopic (exact) mass is 468 g/mol. The van der Waals surface area contributed by atoms with Crippen molar-refractivity contribution in [2.24, 2.45) is 0 Å². The topological polar surface area (TPSA) is 95.3 Å². The first-order valence-electron chi connectivity index (χ1n) is 10.8. The standard InChI is InChI=1S/C24H28N4O4S/c1-4-13-31-23(30)18-10-8-11-19(14-18)25-22(29)16-33-24-27-26-21(28(24)5-2)15-32-20-12-7-6-9-17(20)3/h6-12,14H,4-5,13,15-16H2,1-3H3,(H,25,29). The van der Waals surface area contributed by atoms with Crippen LogP contribution in [0.3, 0.4) is 0 Å². The van der Waals surface area contributed by atoms with Crippen LogP contribution in [-0.2, 0) is 22.7 Å². The molecular formula is C24H28N4O4S. The van der Waals surface area contributed by atoms with Crippen molar-refractivity contribution < 1.29 is 19.1 Å². The SMILES string of the molecule is CCCOC(=O)c1cccc(NC(=O)CSc2nnc(COc3ccccc3C)n2CC)c1. The molecule has 3 rings (SSSR count). The number of aromatic nitrogens is 3. The number of hydrogen-bond acceptors (Lipinski definition) is 7. The fraction of sp³-hybridized carbons (Fsp3) is 0.333. The second-order valence-electron chi connectivity index (χ2n) is 7.25. The number of ether oxygens (including phenoxy) is 2. The van der Waals surface area contributed by atoms with Crippen molar-refractivity contribution in [1.29, 1.82) is 0 Å². The molecule has 1 heterocycles. The predicted molar refractivity (Wildman–Crippen MR) is 128 cm³/mol. The van der Waals surface area contributed by atoms with Crippen molar-refractivity contribution in [3.8, 4) is 5.75 Å². The van der Waals surface area contributed by atoms with Crippen LogP contribution in [0.25, 0.3) is 0 Å². The van der Waals surface area contributed by atoms with E-state index in [2.05, 4.69) is 15.5 Å². The van der Waals surface area contributed by atoms with Crippen LogP contribution < -0.4 is 10.1 Å². The molecule has 0 atom stereocenters. The second kappa shape index (κ2) is 12.1. The third kappa shape index (κ3) is 6.82. The summed E-state index contributed by atoms with van der Waals surface area (Å²) < 4.78 is 13.0. The zero-order valence-electron chi connectivity index (χ0n) is 19.0. The predicted octanol–water partition coefficient (Wildman–Crippen LogP) is 4.48. The van der Waals surface area contributed by atoms with Gasteiger partial charge in [0.05, 0.1) is 17.9 Å². The van der Waals surface area contributed by atoms with Crippen molar-refractivity contribution in [1.82, 2.24) is 14.8 Å². The lowest BCUT2D eigenvalue weighted by Gasteiger charge is -2.10. The largest absolute Gasteiger partial charge is 0.485 e. The van der Waals surface area contributed by atoms with E-state index >= 15 is 0 Å². The van der Waals surface area contributed by atoms with Gasteiger partial charge in [-0.25, -0.2) is 4.79 Å². The first-order valence-corrected chi connectivity index (χ1v) is 11.8. The van der Waals surface area contributed by atoms with Crippen LogP contribution in [0.5, 0.6) is 5.75 Å². The van der Waals surface area contributed by atoms with E-state index in [1.165, 1.54) is 11.8 Å². The molecule has 2 aromatic carbocycles. The second-order valence-corrected chi connectivity index (χ2v) is 8.19. The maximum absolute atomic E-state index is 12.5. The smallest absolute Gasteiger partial charge is 0.338 e. The lowest BCUT2D eigenvalue weighted by molar-refractivity contribution is -0.113. The van der Waals surface area contributed by atoms with Crippen molar-refractivity contribution in [3.05, 3.63) is 65.5 Å². The molecule has 0 fully saturated rings. The van der Waals surface area contributed by atoms with Gasteiger partial charge in [0.25, 0.3) is 0 Å². The first-order chi connectivity index (χ1) is 16.0. The van der Waals surface area contributed by atoms with Gasteiger partial charge in [0, 0.05) is 12.2 Å². The molecule has 1 aromatic heterocycles. The number of amides is 1. The Morgan fingerprint density at radius 3 is 2.67 bits per heavy atom. The van der Waals surface area contributed by atoms with E-state index in [1.807, 2.05) is 49.6 Å². The van der Waals surface area contributed by atoms with E-state index in [9.17, 15) is 9.59 Å². The van der Waals surface area contributed by atoms with Crippen LogP contribution in [0.4, 0.5) is 5.69 Å². The van der Waals surface area contributed by atoms with Gasteiger partial charge in [0.15, 0.2) is 11.0 Å². The third-order valence-electron chi connectivity index (χ3n) is 4.71. The summed E-state index contributed by atoms with van der Waals surface area (Å²) in [5.74, 6) is 1.04. The molecule has 174 valence electrons. The van der Waals surface area contributed by atoms with E-state index in [4.69, 9.17) is 9.47 Å². The fourth-order valence-corrected chi connectivity index (χ4v) is 3.86. The maximum Gasteiger partial charge on any atom is 0.338 e. The zero-order chi connectivity index (χ0) is 23.6. The summed E-state index contributed by atoms with van der Waals surface area (Å²) in [6.07, 6.45) is 0.751. The number of esters is 1. The van der Waals surface area contributed by atoms with Crippen molar-refractivity contribution in [2.45, 2.75) is 45.5 Å². The molecule has 0 aliphatic heterocycles. The minimum atomic E-state index is -0.404. The van der Waals surface area contributed by atoms with Gasteiger partial charge in [0.1, 0.15) is 12.4 Å². The molecule has 3 aromatic rings. The summed E-state index contributed by atoms with van der Waals surface area (Å²) in [4.78, 5) is 24.5. The quantitative estimate of drug-likeness (QED) is 0.327. The Labute approximate surface area is 197 Å². The molecular weight excluding hydrogens is 440 g/mol. The van der Waals surface area contributed by atoms with Crippen LogP contribution in [-0.4, -0.2) is 39.0 Å². The summed E-state index contributed by atoms with van der Waals surface area (Å²) >= 11 is 1.30. The van der Waals surface area contributed by atoms with E-state index in [1.54, 1.807) is 24.3 Å². The molecule has 0 saturated heterocycles. The van der Waals surface area contributed by atoms with Gasteiger partial charge in [-0.3, -0.25) is 4.79 Å². The van der Waals surface area contributed by atoms with Gasteiger partial charge < -0.3 is 19.4 Å². The van der Waals surface area contributed by atoms with Gasteiger partial charge in [0.2, 0.25) is 5.91 Å². The molecule has 0 aliphatic carbocycles. The minimum absolute atomic E-state index is 0.154. The molecule has 33 heavy (non-hydrogen) atoms. The molecule has 0 bridgehead atoms. The van der Waals surface area contributed by atoms with Crippen LogP contribution in [0.1, 0.15) is 42.0 Å². The number of thioether (sulfide) groups is 1. The number of carbonyl (C=O) groups excluding carboxylic acids is 2. The van der Waals surface area contributed by atoms with Crippen LogP contribution >= 0.6 is 11.8 Å². The number of carbonyl (C=O) groups is 2. The molecule has 0 spiro atoms. The van der Waals surface area contributed by atoms with Gasteiger partial charge in [-0.15, -0.1) is 10.2 Å². The van der Waals surface area contributed by atoms with Crippen molar-refractivity contribution >= 4 is 29.3 Å². The number of rotatable bonds is 11. The molecule has 1 amide bonds. The Balaban J connectivity index is 1.56. The Kier molecular flexibility index (Phi) is 8.88. The van der Waals surface area contributed by atoms with E-state index in [0.29, 0.717) is 42.0 Å². The third-order valence-corrected chi connectivity index (χ3v) is 5.68. The van der Waals surface area contributed by atoms with Gasteiger partial charge in [-0.2, -0.15) is 0 Å². The number of para-hydroxylation sites is 1. The average molecular weight is 469 g/mol. The number of benzene rings is 2. The molecule has 1 N–H and O–H groups in total. The molecule has 8 nitrogen and oxygen atoms in total. The normalized spacial score (nSPS) is 10.6. The van der Waals surface area contributed by atoms with E-state index in [0.717, 1.165) is 17.7 Å². The number of aryl methyl sites for hydroxylation is 1. The van der Waals surface area contributed by atoms with E-state index in [-0.39, 0.29) is 11.7 Å². The number of anilines is 1. The Bertz CT molecular complexity index is 1100. The summed E-state index contributed by atoms with van der Waals surface area (Å²) in [7, 11) is 0.